The van der Waals surface area contributed by atoms with Crippen LogP contribution in [0.4, 0.5) is 5.69 Å². The zero-order valence-corrected chi connectivity index (χ0v) is 14.4. The number of non-ortho nitro benzene ring substituents is 1. The molecule has 27 heavy (non-hydrogen) atoms. The number of hydrogen-bond donors (Lipinski definition) is 0. The van der Waals surface area contributed by atoms with Crippen LogP contribution in [0.15, 0.2) is 70.7 Å². The number of nitro groups is 1. The molecular formula is C21H14N2O4. The van der Waals surface area contributed by atoms with Gasteiger partial charge in [-0.1, -0.05) is 30.3 Å². The number of furan rings is 1. The summed E-state index contributed by atoms with van der Waals surface area (Å²) >= 11 is 0. The van der Waals surface area contributed by atoms with Gasteiger partial charge < -0.3 is 4.42 Å². The summed E-state index contributed by atoms with van der Waals surface area (Å²) in [4.78, 5) is 22.8. The summed E-state index contributed by atoms with van der Waals surface area (Å²) in [6.45, 7) is 1.75. The van der Waals surface area contributed by atoms with Crippen molar-refractivity contribution < 1.29 is 14.1 Å². The second kappa shape index (κ2) is 7.50. The lowest BCUT2D eigenvalue weighted by atomic mass is 10.0. The molecule has 0 saturated carbocycles. The molecule has 6 heteroatoms. The fraction of sp³-hybridized carbons (Fsp3) is 0.0476. The van der Waals surface area contributed by atoms with Crippen molar-refractivity contribution in [3.8, 4) is 17.4 Å². The number of aryl methyl sites for hydroxylation is 1. The highest BCUT2D eigenvalue weighted by Gasteiger charge is 2.15. The van der Waals surface area contributed by atoms with Crippen molar-refractivity contribution in [2.45, 2.75) is 6.92 Å². The van der Waals surface area contributed by atoms with Gasteiger partial charge in [-0.3, -0.25) is 14.9 Å². The van der Waals surface area contributed by atoms with Crippen molar-refractivity contribution in [1.29, 1.82) is 5.26 Å². The summed E-state index contributed by atoms with van der Waals surface area (Å²) in [5.74, 6) is 0.462. The number of ketones is 1. The lowest BCUT2D eigenvalue weighted by Crippen LogP contribution is -2.01. The summed E-state index contributed by atoms with van der Waals surface area (Å²) in [6.07, 6.45) is 1.39. The van der Waals surface area contributed by atoms with Crippen molar-refractivity contribution in [2.24, 2.45) is 0 Å². The molecule has 0 N–H and O–H groups in total. The van der Waals surface area contributed by atoms with Gasteiger partial charge in [0.15, 0.2) is 0 Å². The minimum Gasteiger partial charge on any atom is -0.457 e. The van der Waals surface area contributed by atoms with E-state index in [-0.39, 0.29) is 17.0 Å². The molecule has 1 aromatic heterocycles. The van der Waals surface area contributed by atoms with Crippen LogP contribution in [0.5, 0.6) is 0 Å². The first-order valence-corrected chi connectivity index (χ1v) is 8.06. The van der Waals surface area contributed by atoms with Crippen molar-refractivity contribution in [3.63, 3.8) is 0 Å². The maximum Gasteiger partial charge on any atom is 0.269 e. The number of nitro benzene ring substituents is 1. The first-order valence-electron chi connectivity index (χ1n) is 8.06. The molecule has 0 amide bonds. The number of Topliss-reactive ketones (excluding diaryl/α,β-unsaturated/α-hetero) is 1. The van der Waals surface area contributed by atoms with Gasteiger partial charge in [-0.2, -0.15) is 5.26 Å². The van der Waals surface area contributed by atoms with Gasteiger partial charge in [-0.25, -0.2) is 0 Å². The third-order valence-electron chi connectivity index (χ3n) is 4.00. The Morgan fingerprint density at radius 2 is 1.89 bits per heavy atom. The quantitative estimate of drug-likeness (QED) is 0.211. The Balaban J connectivity index is 1.91. The Bertz CT molecular complexity index is 1090. The smallest absolute Gasteiger partial charge is 0.269 e. The molecule has 6 nitrogen and oxygen atoms in total. The molecule has 132 valence electrons. The van der Waals surface area contributed by atoms with Gasteiger partial charge in [0.25, 0.3) is 5.69 Å². The highest BCUT2D eigenvalue weighted by Crippen LogP contribution is 2.29. The number of allylic oxidation sites excluding steroid dienone is 1. The maximum absolute atomic E-state index is 12.4. The molecular weight excluding hydrogens is 344 g/mol. The van der Waals surface area contributed by atoms with Crippen LogP contribution >= 0.6 is 0 Å². The van der Waals surface area contributed by atoms with Gasteiger partial charge in [0.1, 0.15) is 23.2 Å². The Morgan fingerprint density at radius 1 is 1.15 bits per heavy atom. The Kier molecular flexibility index (Phi) is 4.95. The van der Waals surface area contributed by atoms with E-state index >= 15 is 0 Å². The third kappa shape index (κ3) is 3.83. The molecule has 0 aliphatic heterocycles. The molecule has 3 rings (SSSR count). The monoisotopic (exact) mass is 358 g/mol. The summed E-state index contributed by atoms with van der Waals surface area (Å²) in [5.41, 5.74) is 1.78. The largest absolute Gasteiger partial charge is 0.457 e. The zero-order chi connectivity index (χ0) is 19.4. The van der Waals surface area contributed by atoms with Crippen LogP contribution in [0, 0.1) is 28.4 Å². The molecule has 0 bridgehead atoms. The Morgan fingerprint density at radius 3 is 2.52 bits per heavy atom. The SMILES string of the molecule is Cc1cc([N+](=O)[O-])ccc1-c1ccc(/C=C(\C#N)C(=O)c2ccccc2)o1. The third-order valence-corrected chi connectivity index (χ3v) is 4.00. The fourth-order valence-corrected chi connectivity index (χ4v) is 2.65. The van der Waals surface area contributed by atoms with E-state index in [1.54, 1.807) is 55.5 Å². The van der Waals surface area contributed by atoms with Gasteiger partial charge in [0.05, 0.1) is 4.92 Å². The van der Waals surface area contributed by atoms with Crippen LogP contribution in [0.25, 0.3) is 17.4 Å². The van der Waals surface area contributed by atoms with Crippen molar-refractivity contribution in [2.75, 3.05) is 0 Å². The van der Waals surface area contributed by atoms with E-state index in [0.717, 1.165) is 0 Å². The summed E-state index contributed by atoms with van der Waals surface area (Å²) in [7, 11) is 0. The minimum atomic E-state index is -0.457. The average molecular weight is 358 g/mol. The maximum atomic E-state index is 12.4. The first kappa shape index (κ1) is 17.8. The standard InChI is InChI=1S/C21H14N2O4/c1-14-11-17(23(25)26)7-9-19(14)20-10-8-18(27-20)12-16(13-22)21(24)15-5-3-2-4-6-15/h2-12H,1H3/b16-12+. The van der Waals surface area contributed by atoms with Gasteiger partial charge in [0, 0.05) is 29.3 Å². The number of hydrogen-bond acceptors (Lipinski definition) is 5. The predicted octanol–water partition coefficient (Wildman–Crippen LogP) is 4.95. The van der Waals surface area contributed by atoms with Crippen LogP contribution in [0.1, 0.15) is 21.7 Å². The van der Waals surface area contributed by atoms with Crippen LogP contribution in [-0.4, -0.2) is 10.7 Å². The van der Waals surface area contributed by atoms with E-state index in [1.165, 1.54) is 18.2 Å². The fourth-order valence-electron chi connectivity index (χ4n) is 2.65. The Hall–Kier alpha value is -3.98. The van der Waals surface area contributed by atoms with Crippen LogP contribution in [0.3, 0.4) is 0 Å². The van der Waals surface area contributed by atoms with E-state index in [1.807, 2.05) is 6.07 Å². The number of carbonyl (C=O) groups is 1. The normalized spacial score (nSPS) is 11.0. The van der Waals surface area contributed by atoms with E-state index in [9.17, 15) is 20.2 Å². The second-order valence-corrected chi connectivity index (χ2v) is 5.82. The van der Waals surface area contributed by atoms with Gasteiger partial charge in [-0.05, 0) is 30.7 Å². The minimum absolute atomic E-state index is 0.00292. The van der Waals surface area contributed by atoms with E-state index in [4.69, 9.17) is 4.42 Å². The zero-order valence-electron chi connectivity index (χ0n) is 14.4. The highest BCUT2D eigenvalue weighted by atomic mass is 16.6. The van der Waals surface area contributed by atoms with E-state index < -0.39 is 4.92 Å². The molecule has 0 unspecified atom stereocenters. The number of benzene rings is 2. The number of nitrogens with zero attached hydrogens (tertiary/aromatic N) is 2. The van der Waals surface area contributed by atoms with Crippen LogP contribution in [0.2, 0.25) is 0 Å². The lowest BCUT2D eigenvalue weighted by Gasteiger charge is -2.02. The van der Waals surface area contributed by atoms with Crippen LogP contribution in [-0.2, 0) is 0 Å². The second-order valence-electron chi connectivity index (χ2n) is 5.82. The van der Waals surface area contributed by atoms with Crippen LogP contribution < -0.4 is 0 Å². The summed E-state index contributed by atoms with van der Waals surface area (Å²) in [5, 5.41) is 20.2. The average Bonchev–Trinajstić information content (AvgIpc) is 3.14. The topological polar surface area (TPSA) is 97.1 Å². The highest BCUT2D eigenvalue weighted by molar-refractivity contribution is 6.13. The predicted molar refractivity (Wildman–Crippen MR) is 99.9 cm³/mol. The van der Waals surface area contributed by atoms with Crippen molar-refractivity contribution in [3.05, 3.63) is 93.2 Å². The summed E-state index contributed by atoms with van der Waals surface area (Å²) in [6, 6.07) is 18.2. The molecule has 0 radical (unpaired) electrons. The van der Waals surface area contributed by atoms with Gasteiger partial charge >= 0.3 is 0 Å². The van der Waals surface area contributed by atoms with E-state index in [2.05, 4.69) is 0 Å². The number of carbonyl (C=O) groups excluding carboxylic acids is 1. The van der Waals surface area contributed by atoms with Gasteiger partial charge in [0.2, 0.25) is 5.78 Å². The first-order chi connectivity index (χ1) is 13.0. The number of nitriles is 1. The summed E-state index contributed by atoms with van der Waals surface area (Å²) < 4.78 is 5.72. The molecule has 0 aliphatic carbocycles. The Labute approximate surface area is 155 Å². The van der Waals surface area contributed by atoms with Crippen molar-refractivity contribution in [1.82, 2.24) is 0 Å². The molecule has 0 aliphatic rings. The number of rotatable bonds is 5. The molecule has 0 saturated heterocycles. The van der Waals surface area contributed by atoms with Crippen molar-refractivity contribution >= 4 is 17.5 Å². The lowest BCUT2D eigenvalue weighted by molar-refractivity contribution is -0.384. The molecule has 1 heterocycles. The molecule has 2 aromatic carbocycles. The van der Waals surface area contributed by atoms with E-state index in [0.29, 0.717) is 28.2 Å². The molecule has 0 spiro atoms. The molecule has 3 aromatic rings. The molecule has 0 atom stereocenters. The van der Waals surface area contributed by atoms with Gasteiger partial charge in [-0.15, -0.1) is 0 Å². The molecule has 0 fully saturated rings.